The number of hydrogen-bond acceptors (Lipinski definition) is 2. The van der Waals surface area contributed by atoms with Crippen molar-refractivity contribution in [3.63, 3.8) is 0 Å². The fourth-order valence-electron chi connectivity index (χ4n) is 1.79. The molecule has 5 heteroatoms. The van der Waals surface area contributed by atoms with Gasteiger partial charge in [0.05, 0.1) is 16.8 Å². The number of halogens is 3. The molecule has 0 saturated carbocycles. The fraction of sp³-hybridized carbons (Fsp3) is 0.200. The van der Waals surface area contributed by atoms with Gasteiger partial charge in [-0.05, 0) is 42.3 Å². The number of hydrogen-bond donors (Lipinski definition) is 2. The van der Waals surface area contributed by atoms with Gasteiger partial charge in [0.1, 0.15) is 0 Å². The average Bonchev–Trinajstić information content (AvgIpc) is 2.42. The lowest BCUT2D eigenvalue weighted by Crippen LogP contribution is -2.12. The van der Waals surface area contributed by atoms with Gasteiger partial charge in [-0.3, -0.25) is 0 Å². The molecule has 0 heterocycles. The van der Waals surface area contributed by atoms with Crippen LogP contribution >= 0.6 is 34.8 Å². The molecule has 106 valence electrons. The van der Waals surface area contributed by atoms with Gasteiger partial charge in [-0.1, -0.05) is 46.9 Å². The van der Waals surface area contributed by atoms with E-state index in [1.165, 1.54) is 0 Å². The van der Waals surface area contributed by atoms with Crippen LogP contribution in [0.4, 0.5) is 5.69 Å². The van der Waals surface area contributed by atoms with Crippen molar-refractivity contribution in [3.05, 3.63) is 62.6 Å². The van der Waals surface area contributed by atoms with E-state index in [-0.39, 0.29) is 0 Å². The zero-order chi connectivity index (χ0) is 14.7. The largest absolute Gasteiger partial charge is 0.387 e. The second-order valence-electron chi connectivity index (χ2n) is 4.53. The second kappa shape index (κ2) is 6.68. The lowest BCUT2D eigenvalue weighted by Gasteiger charge is -2.15. The molecule has 0 fully saturated rings. The molecule has 0 aliphatic heterocycles. The first-order valence-electron chi connectivity index (χ1n) is 6.10. The van der Waals surface area contributed by atoms with E-state index < -0.39 is 6.10 Å². The van der Waals surface area contributed by atoms with Crippen molar-refractivity contribution in [2.75, 3.05) is 11.9 Å². The SMILES string of the molecule is Cc1cc(Cl)c(NCC(O)c2ccc(Cl)cc2)cc1Cl. The number of anilines is 1. The van der Waals surface area contributed by atoms with Gasteiger partial charge in [0.15, 0.2) is 0 Å². The smallest absolute Gasteiger partial charge is 0.0962 e. The third-order valence-corrected chi connectivity index (χ3v) is 3.96. The molecule has 1 unspecified atom stereocenters. The molecule has 2 N–H and O–H groups in total. The van der Waals surface area contributed by atoms with Gasteiger partial charge < -0.3 is 10.4 Å². The first-order chi connectivity index (χ1) is 9.47. The monoisotopic (exact) mass is 329 g/mol. The molecule has 0 aliphatic carbocycles. The molecule has 0 saturated heterocycles. The van der Waals surface area contributed by atoms with Crippen molar-refractivity contribution in [2.24, 2.45) is 0 Å². The van der Waals surface area contributed by atoms with Crippen LogP contribution in [0, 0.1) is 6.92 Å². The van der Waals surface area contributed by atoms with Crippen molar-refractivity contribution in [1.29, 1.82) is 0 Å². The van der Waals surface area contributed by atoms with E-state index in [9.17, 15) is 5.11 Å². The van der Waals surface area contributed by atoms with Crippen LogP contribution < -0.4 is 5.32 Å². The molecule has 0 radical (unpaired) electrons. The van der Waals surface area contributed by atoms with Crippen molar-refractivity contribution < 1.29 is 5.11 Å². The molecular formula is C15H14Cl3NO. The summed E-state index contributed by atoms with van der Waals surface area (Å²) in [6.07, 6.45) is -0.650. The van der Waals surface area contributed by atoms with Gasteiger partial charge in [-0.25, -0.2) is 0 Å². The zero-order valence-electron chi connectivity index (χ0n) is 10.8. The summed E-state index contributed by atoms with van der Waals surface area (Å²) in [5, 5.41) is 15.1. The minimum absolute atomic E-state index is 0.334. The quantitative estimate of drug-likeness (QED) is 0.817. The highest BCUT2D eigenvalue weighted by Crippen LogP contribution is 2.29. The summed E-state index contributed by atoms with van der Waals surface area (Å²) in [6, 6.07) is 10.6. The molecule has 0 bridgehead atoms. The molecule has 0 amide bonds. The van der Waals surface area contributed by atoms with Crippen molar-refractivity contribution in [1.82, 2.24) is 0 Å². The van der Waals surface area contributed by atoms with Crippen LogP contribution in [-0.2, 0) is 0 Å². The van der Waals surface area contributed by atoms with E-state index in [1.54, 1.807) is 36.4 Å². The highest BCUT2D eigenvalue weighted by molar-refractivity contribution is 6.35. The minimum Gasteiger partial charge on any atom is -0.387 e. The Hall–Kier alpha value is -0.930. The van der Waals surface area contributed by atoms with Gasteiger partial charge in [-0.2, -0.15) is 0 Å². The Morgan fingerprint density at radius 1 is 1.05 bits per heavy atom. The van der Waals surface area contributed by atoms with Crippen LogP contribution in [0.15, 0.2) is 36.4 Å². The summed E-state index contributed by atoms with van der Waals surface area (Å²) in [4.78, 5) is 0. The number of benzene rings is 2. The second-order valence-corrected chi connectivity index (χ2v) is 5.78. The van der Waals surface area contributed by atoms with E-state index in [1.807, 2.05) is 6.92 Å². The molecule has 2 aromatic rings. The van der Waals surface area contributed by atoms with E-state index in [0.29, 0.717) is 27.3 Å². The number of aliphatic hydroxyl groups excluding tert-OH is 1. The van der Waals surface area contributed by atoms with Crippen LogP contribution in [0.5, 0.6) is 0 Å². The van der Waals surface area contributed by atoms with Crippen molar-refractivity contribution >= 4 is 40.5 Å². The number of nitrogens with one attached hydrogen (secondary N) is 1. The highest BCUT2D eigenvalue weighted by Gasteiger charge is 2.09. The molecule has 0 spiro atoms. The molecule has 20 heavy (non-hydrogen) atoms. The van der Waals surface area contributed by atoms with E-state index >= 15 is 0 Å². The van der Waals surface area contributed by atoms with Gasteiger partial charge in [-0.15, -0.1) is 0 Å². The third kappa shape index (κ3) is 3.80. The van der Waals surface area contributed by atoms with Gasteiger partial charge in [0.2, 0.25) is 0 Å². The van der Waals surface area contributed by atoms with E-state index in [4.69, 9.17) is 34.8 Å². The van der Waals surface area contributed by atoms with Gasteiger partial charge in [0.25, 0.3) is 0 Å². The molecule has 2 rings (SSSR count). The lowest BCUT2D eigenvalue weighted by atomic mass is 10.1. The van der Waals surface area contributed by atoms with Crippen LogP contribution in [0.25, 0.3) is 0 Å². The maximum absolute atomic E-state index is 10.1. The Morgan fingerprint density at radius 2 is 1.70 bits per heavy atom. The Morgan fingerprint density at radius 3 is 2.35 bits per heavy atom. The first kappa shape index (κ1) is 15.5. The maximum atomic E-state index is 10.1. The number of aliphatic hydroxyl groups is 1. The summed E-state index contributed by atoms with van der Waals surface area (Å²) in [7, 11) is 0. The first-order valence-corrected chi connectivity index (χ1v) is 7.24. The number of aryl methyl sites for hydroxylation is 1. The summed E-state index contributed by atoms with van der Waals surface area (Å²) >= 11 is 18.0. The normalized spacial score (nSPS) is 12.2. The van der Waals surface area contributed by atoms with Crippen LogP contribution in [0.2, 0.25) is 15.1 Å². The lowest BCUT2D eigenvalue weighted by molar-refractivity contribution is 0.191. The highest BCUT2D eigenvalue weighted by atomic mass is 35.5. The Bertz CT molecular complexity index is 599. The van der Waals surface area contributed by atoms with Crippen LogP contribution in [0.3, 0.4) is 0 Å². The maximum Gasteiger partial charge on any atom is 0.0962 e. The van der Waals surface area contributed by atoms with E-state index in [0.717, 1.165) is 11.1 Å². The molecule has 2 nitrogen and oxygen atoms in total. The van der Waals surface area contributed by atoms with Gasteiger partial charge >= 0.3 is 0 Å². The standard InChI is InChI=1S/C15H14Cl3NO/c1-9-6-13(18)14(7-12(9)17)19-8-15(20)10-2-4-11(16)5-3-10/h2-7,15,19-20H,8H2,1H3. The topological polar surface area (TPSA) is 32.3 Å². The summed E-state index contributed by atoms with van der Waals surface area (Å²) in [5.41, 5.74) is 2.41. The van der Waals surface area contributed by atoms with Crippen molar-refractivity contribution in [3.8, 4) is 0 Å². The fourth-order valence-corrected chi connectivity index (χ4v) is 2.37. The minimum atomic E-state index is -0.650. The molecule has 0 aromatic heterocycles. The molecular weight excluding hydrogens is 317 g/mol. The van der Waals surface area contributed by atoms with Gasteiger partial charge in [0, 0.05) is 16.6 Å². The Labute approximate surface area is 133 Å². The molecule has 1 atom stereocenters. The summed E-state index contributed by atoms with van der Waals surface area (Å²) < 4.78 is 0. The predicted molar refractivity (Wildman–Crippen MR) is 86.1 cm³/mol. The zero-order valence-corrected chi connectivity index (χ0v) is 13.1. The predicted octanol–water partition coefficient (Wildman–Crippen LogP) is 5.10. The number of rotatable bonds is 4. The third-order valence-electron chi connectivity index (χ3n) is 2.99. The Balaban J connectivity index is 2.05. The van der Waals surface area contributed by atoms with Crippen molar-refractivity contribution in [2.45, 2.75) is 13.0 Å². The molecule has 0 aliphatic rings. The molecule has 2 aromatic carbocycles. The van der Waals surface area contributed by atoms with Crippen LogP contribution in [0.1, 0.15) is 17.2 Å². The average molecular weight is 331 g/mol. The summed E-state index contributed by atoms with van der Waals surface area (Å²) in [6.45, 7) is 2.22. The summed E-state index contributed by atoms with van der Waals surface area (Å²) in [5.74, 6) is 0. The van der Waals surface area contributed by atoms with E-state index in [2.05, 4.69) is 5.32 Å². The Kier molecular flexibility index (Phi) is 5.17. The van der Waals surface area contributed by atoms with Crippen LogP contribution in [-0.4, -0.2) is 11.7 Å².